The average Bonchev–Trinajstić information content (AvgIpc) is 3.35. The third-order valence-corrected chi connectivity index (χ3v) is 7.00. The molecule has 0 fully saturated rings. The van der Waals surface area contributed by atoms with Crippen LogP contribution >= 0.6 is 0 Å². The summed E-state index contributed by atoms with van der Waals surface area (Å²) in [5.74, 6) is 0.875. The Balaban J connectivity index is 1.52. The fourth-order valence-electron chi connectivity index (χ4n) is 5.47. The van der Waals surface area contributed by atoms with Crippen molar-refractivity contribution in [3.63, 3.8) is 0 Å². The number of allylic oxidation sites excluding steroid dienone is 1. The maximum Gasteiger partial charge on any atom is 0.210 e. The van der Waals surface area contributed by atoms with Gasteiger partial charge in [0.05, 0.1) is 5.41 Å². The Kier molecular flexibility index (Phi) is 4.55. The molecule has 4 aromatic carbocycles. The van der Waals surface area contributed by atoms with Crippen molar-refractivity contribution in [2.24, 2.45) is 0 Å². The van der Waals surface area contributed by atoms with Crippen molar-refractivity contribution in [3.05, 3.63) is 120 Å². The van der Waals surface area contributed by atoms with Crippen LogP contribution in [0.2, 0.25) is 0 Å². The van der Waals surface area contributed by atoms with E-state index in [2.05, 4.69) is 110 Å². The minimum Gasteiger partial charge on any atom is -0.457 e. The van der Waals surface area contributed by atoms with Gasteiger partial charge in [-0.05, 0) is 54.0 Å². The Morgan fingerprint density at radius 2 is 1.52 bits per heavy atom. The van der Waals surface area contributed by atoms with Gasteiger partial charge in [0.2, 0.25) is 5.69 Å². The van der Waals surface area contributed by atoms with E-state index in [-0.39, 0.29) is 5.41 Å². The minimum atomic E-state index is -0.172. The van der Waals surface area contributed by atoms with Crippen LogP contribution in [0.25, 0.3) is 27.8 Å². The highest BCUT2D eigenvalue weighted by atomic mass is 16.3. The lowest BCUT2D eigenvalue weighted by atomic mass is 9.73. The first-order valence-electron chi connectivity index (χ1n) is 11.5. The van der Waals surface area contributed by atoms with Gasteiger partial charge in [-0.3, -0.25) is 0 Å². The molecule has 33 heavy (non-hydrogen) atoms. The summed E-state index contributed by atoms with van der Waals surface area (Å²) in [6.07, 6.45) is 5.29. The summed E-state index contributed by atoms with van der Waals surface area (Å²) >= 11 is 0. The number of hydrogen-bond donors (Lipinski definition) is 0. The smallest absolute Gasteiger partial charge is 0.210 e. The van der Waals surface area contributed by atoms with E-state index in [4.69, 9.17) is 4.42 Å². The number of fused-ring (bicyclic) bond motifs is 4. The van der Waals surface area contributed by atoms with Gasteiger partial charge in [0.1, 0.15) is 18.4 Å². The van der Waals surface area contributed by atoms with Crippen LogP contribution in [0.15, 0.2) is 108 Å². The number of furan rings is 1. The van der Waals surface area contributed by atoms with Crippen LogP contribution in [0, 0.1) is 0 Å². The highest BCUT2D eigenvalue weighted by Crippen LogP contribution is 2.45. The molecule has 1 aromatic heterocycles. The number of nitrogens with zero attached hydrogens (tertiary/aromatic N) is 1. The second-order valence-electron chi connectivity index (χ2n) is 9.14. The van der Waals surface area contributed by atoms with Gasteiger partial charge in [0.15, 0.2) is 5.71 Å². The zero-order chi connectivity index (χ0) is 22.4. The zero-order valence-corrected chi connectivity index (χ0v) is 19.0. The van der Waals surface area contributed by atoms with Crippen molar-refractivity contribution >= 4 is 39.2 Å². The minimum absolute atomic E-state index is 0.172. The van der Waals surface area contributed by atoms with Crippen molar-refractivity contribution in [1.29, 1.82) is 0 Å². The summed E-state index contributed by atoms with van der Waals surface area (Å²) in [7, 11) is 2.18. The molecule has 0 aliphatic carbocycles. The van der Waals surface area contributed by atoms with E-state index in [0.29, 0.717) is 0 Å². The molecule has 1 atom stereocenters. The van der Waals surface area contributed by atoms with Crippen LogP contribution in [-0.2, 0) is 11.8 Å². The Morgan fingerprint density at radius 1 is 0.788 bits per heavy atom. The summed E-state index contributed by atoms with van der Waals surface area (Å²) < 4.78 is 8.43. The zero-order valence-electron chi connectivity index (χ0n) is 19.0. The van der Waals surface area contributed by atoms with Crippen LogP contribution in [0.1, 0.15) is 23.8 Å². The predicted molar refractivity (Wildman–Crippen MR) is 138 cm³/mol. The van der Waals surface area contributed by atoms with Gasteiger partial charge in [-0.2, -0.15) is 4.58 Å². The molecule has 0 spiro atoms. The van der Waals surface area contributed by atoms with Crippen LogP contribution in [0.5, 0.6) is 0 Å². The standard InChI is InChI=1S/C31H26NO/c1-31(21-22-10-4-3-5-11-22)29(19-17-25-20-24-13-7-9-15-28(24)33-25)32(2)27-18-16-23-12-6-8-14-26(23)30(27)31/h3-20H,21H2,1-2H3/q+1. The lowest BCUT2D eigenvalue weighted by Crippen LogP contribution is -2.33. The third-order valence-electron chi connectivity index (χ3n) is 7.00. The molecule has 2 heterocycles. The van der Waals surface area contributed by atoms with Gasteiger partial charge in [-0.25, -0.2) is 0 Å². The van der Waals surface area contributed by atoms with Crippen LogP contribution < -0.4 is 0 Å². The first kappa shape index (κ1) is 19.8. The molecule has 0 amide bonds. The Labute approximate surface area is 194 Å². The Hall–Kier alpha value is -3.91. The van der Waals surface area contributed by atoms with Gasteiger partial charge in [-0.15, -0.1) is 0 Å². The Morgan fingerprint density at radius 3 is 2.33 bits per heavy atom. The Bertz CT molecular complexity index is 1520. The van der Waals surface area contributed by atoms with Gasteiger partial charge >= 0.3 is 0 Å². The maximum absolute atomic E-state index is 6.08. The molecule has 1 unspecified atom stereocenters. The van der Waals surface area contributed by atoms with Crippen molar-refractivity contribution < 1.29 is 8.99 Å². The topological polar surface area (TPSA) is 16.1 Å². The molecular formula is C31H26NO+. The van der Waals surface area contributed by atoms with Crippen molar-refractivity contribution in [3.8, 4) is 0 Å². The number of hydrogen-bond acceptors (Lipinski definition) is 1. The molecule has 2 nitrogen and oxygen atoms in total. The molecule has 2 heteroatoms. The highest BCUT2D eigenvalue weighted by molar-refractivity contribution is 6.09. The molecule has 0 bridgehead atoms. The average molecular weight is 429 g/mol. The molecule has 0 saturated heterocycles. The first-order valence-corrected chi connectivity index (χ1v) is 11.5. The van der Waals surface area contributed by atoms with Gasteiger partial charge < -0.3 is 4.42 Å². The highest BCUT2D eigenvalue weighted by Gasteiger charge is 2.47. The van der Waals surface area contributed by atoms with Crippen LogP contribution in [-0.4, -0.2) is 17.3 Å². The van der Waals surface area contributed by atoms with Gasteiger partial charge in [0.25, 0.3) is 0 Å². The summed E-state index contributed by atoms with van der Waals surface area (Å²) in [6, 6.07) is 34.3. The van der Waals surface area contributed by atoms with Gasteiger partial charge in [-0.1, -0.05) is 72.8 Å². The molecular weight excluding hydrogens is 402 g/mol. The van der Waals surface area contributed by atoms with Crippen molar-refractivity contribution in [2.45, 2.75) is 18.8 Å². The summed E-state index contributed by atoms with van der Waals surface area (Å²) in [4.78, 5) is 0. The molecule has 1 aliphatic heterocycles. The molecule has 0 radical (unpaired) electrons. The normalized spacial score (nSPS) is 18.0. The lowest BCUT2D eigenvalue weighted by Gasteiger charge is -2.24. The summed E-state index contributed by atoms with van der Waals surface area (Å²) in [5, 5.41) is 3.74. The van der Waals surface area contributed by atoms with E-state index in [1.54, 1.807) is 0 Å². The second-order valence-corrected chi connectivity index (χ2v) is 9.14. The molecule has 0 N–H and O–H groups in total. The quantitative estimate of drug-likeness (QED) is 0.270. The molecule has 5 aromatic rings. The monoisotopic (exact) mass is 428 g/mol. The number of para-hydroxylation sites is 1. The van der Waals surface area contributed by atoms with E-state index in [9.17, 15) is 0 Å². The fraction of sp³-hybridized carbons (Fsp3) is 0.129. The lowest BCUT2D eigenvalue weighted by molar-refractivity contribution is -0.401. The fourth-order valence-corrected chi connectivity index (χ4v) is 5.47. The van der Waals surface area contributed by atoms with Crippen molar-refractivity contribution in [2.75, 3.05) is 7.05 Å². The van der Waals surface area contributed by atoms with Crippen LogP contribution in [0.3, 0.4) is 0 Å². The molecule has 1 aliphatic rings. The summed E-state index contributed by atoms with van der Waals surface area (Å²) in [5.41, 5.74) is 6.03. The largest absolute Gasteiger partial charge is 0.457 e. The van der Waals surface area contributed by atoms with Crippen LogP contribution in [0.4, 0.5) is 5.69 Å². The SMILES string of the molecule is C[N+]1=C(C=Cc2cc3ccccc3o2)C(C)(Cc2ccccc2)c2c1ccc1ccccc21. The number of benzene rings is 4. The van der Waals surface area contributed by atoms with Gasteiger partial charge in [0, 0.05) is 23.1 Å². The van der Waals surface area contributed by atoms with E-state index >= 15 is 0 Å². The third kappa shape index (κ3) is 3.22. The molecule has 6 rings (SSSR count). The van der Waals surface area contributed by atoms with E-state index in [0.717, 1.165) is 23.2 Å². The number of rotatable bonds is 4. The second kappa shape index (κ2) is 7.60. The van der Waals surface area contributed by atoms with E-state index in [1.165, 1.54) is 33.3 Å². The molecule has 160 valence electrons. The van der Waals surface area contributed by atoms with E-state index in [1.807, 2.05) is 18.2 Å². The predicted octanol–water partition coefficient (Wildman–Crippen LogP) is 7.53. The van der Waals surface area contributed by atoms with E-state index < -0.39 is 0 Å². The maximum atomic E-state index is 6.08. The first-order chi connectivity index (χ1) is 16.1. The molecule has 0 saturated carbocycles. The van der Waals surface area contributed by atoms with Crippen molar-refractivity contribution in [1.82, 2.24) is 0 Å². The summed E-state index contributed by atoms with van der Waals surface area (Å²) in [6.45, 7) is 2.38.